The smallest absolute Gasteiger partial charge is 0.0651 e. The van der Waals surface area contributed by atoms with Crippen LogP contribution in [-0.4, -0.2) is 12.5 Å². The highest BCUT2D eigenvalue weighted by atomic mass is 79.9. The van der Waals surface area contributed by atoms with Gasteiger partial charge in [0.25, 0.3) is 0 Å². The van der Waals surface area contributed by atoms with E-state index in [1.54, 1.807) is 0 Å². The van der Waals surface area contributed by atoms with Crippen LogP contribution >= 0.6 is 15.9 Å². The Labute approximate surface area is 96.2 Å². The van der Waals surface area contributed by atoms with Gasteiger partial charge in [-0.2, -0.15) is 0 Å². The van der Waals surface area contributed by atoms with Gasteiger partial charge in [-0.05, 0) is 11.1 Å². The fraction of sp³-hybridized carbons (Fsp3) is 0.333. The van der Waals surface area contributed by atoms with Crippen molar-refractivity contribution in [3.63, 3.8) is 0 Å². The summed E-state index contributed by atoms with van der Waals surface area (Å²) in [6.45, 7) is 11.2. The molecule has 0 aromatic heterocycles. The summed E-state index contributed by atoms with van der Waals surface area (Å²) in [5.74, 6) is 0. The number of hydrogen-bond acceptors (Lipinski definition) is 0. The summed E-state index contributed by atoms with van der Waals surface area (Å²) in [7, 11) is -1.19. The molecule has 1 aromatic rings. The third-order valence-electron chi connectivity index (χ3n) is 2.21. The van der Waals surface area contributed by atoms with Crippen molar-refractivity contribution >= 4 is 29.6 Å². The first-order chi connectivity index (χ1) is 6.43. The zero-order chi connectivity index (χ0) is 10.8. The van der Waals surface area contributed by atoms with Gasteiger partial charge in [-0.3, -0.25) is 0 Å². The minimum atomic E-state index is -1.19. The van der Waals surface area contributed by atoms with Gasteiger partial charge in [0.1, 0.15) is 0 Å². The topological polar surface area (TPSA) is 0 Å². The van der Waals surface area contributed by atoms with Gasteiger partial charge in [0.05, 0.1) is 8.07 Å². The third-order valence-corrected chi connectivity index (χ3v) is 8.75. The summed E-state index contributed by atoms with van der Waals surface area (Å²) in [6.07, 6.45) is 0. The van der Waals surface area contributed by atoms with Gasteiger partial charge in [0.2, 0.25) is 0 Å². The molecule has 1 aromatic carbocycles. The fourth-order valence-electron chi connectivity index (χ4n) is 1.32. The Morgan fingerprint density at radius 2 is 1.71 bits per heavy atom. The highest BCUT2D eigenvalue weighted by molar-refractivity contribution is 9.10. The molecule has 2 heteroatoms. The molecule has 0 aliphatic rings. The Hall–Kier alpha value is -0.343. The van der Waals surface area contributed by atoms with Crippen molar-refractivity contribution in [2.45, 2.75) is 24.1 Å². The van der Waals surface area contributed by atoms with E-state index >= 15 is 0 Å². The summed E-state index contributed by atoms with van der Waals surface area (Å²) in [5, 5.41) is 0. The van der Waals surface area contributed by atoms with Crippen LogP contribution in [-0.2, 0) is 0 Å². The van der Waals surface area contributed by atoms with E-state index in [0.29, 0.717) is 4.45 Å². The molecule has 1 unspecified atom stereocenters. The monoisotopic (exact) mass is 268 g/mol. The summed E-state index contributed by atoms with van der Waals surface area (Å²) < 4.78 is 0.456. The zero-order valence-electron chi connectivity index (χ0n) is 9.05. The molecule has 0 aliphatic carbocycles. The van der Waals surface area contributed by atoms with Crippen molar-refractivity contribution in [1.29, 1.82) is 0 Å². The summed E-state index contributed by atoms with van der Waals surface area (Å²) in [5.41, 5.74) is 2.46. The molecule has 0 bridgehead atoms. The van der Waals surface area contributed by atoms with Crippen molar-refractivity contribution in [3.05, 3.63) is 42.5 Å². The molecule has 0 fully saturated rings. The Bertz CT molecular complexity index is 311. The normalized spacial score (nSPS) is 13.7. The zero-order valence-corrected chi connectivity index (χ0v) is 11.6. The molecule has 0 aliphatic heterocycles. The van der Waals surface area contributed by atoms with E-state index in [1.165, 1.54) is 11.1 Å². The van der Waals surface area contributed by atoms with Crippen LogP contribution < -0.4 is 0 Å². The fourth-order valence-corrected chi connectivity index (χ4v) is 2.80. The lowest BCUT2D eigenvalue weighted by Gasteiger charge is -2.25. The maximum atomic E-state index is 4.18. The molecule has 14 heavy (non-hydrogen) atoms. The molecule has 0 spiro atoms. The minimum absolute atomic E-state index is 0.456. The summed E-state index contributed by atoms with van der Waals surface area (Å²) >= 11 is 3.76. The molecule has 0 radical (unpaired) electrons. The molecule has 0 saturated carbocycles. The van der Waals surface area contributed by atoms with Gasteiger partial charge in [0, 0.05) is 4.45 Å². The highest BCUT2D eigenvalue weighted by Crippen LogP contribution is 2.29. The van der Waals surface area contributed by atoms with Gasteiger partial charge in [0.15, 0.2) is 0 Å². The molecule has 1 rings (SSSR count). The van der Waals surface area contributed by atoms with Crippen LogP contribution in [0.5, 0.6) is 0 Å². The number of alkyl halides is 1. The van der Waals surface area contributed by atoms with Crippen molar-refractivity contribution < 1.29 is 0 Å². The van der Waals surface area contributed by atoms with Crippen LogP contribution in [0, 0.1) is 0 Å². The van der Waals surface area contributed by atoms with Crippen molar-refractivity contribution in [2.24, 2.45) is 0 Å². The lowest BCUT2D eigenvalue weighted by atomic mass is 10.1. The van der Waals surface area contributed by atoms with Gasteiger partial charge in [-0.15, -0.1) is 0 Å². The van der Waals surface area contributed by atoms with Crippen LogP contribution in [0.25, 0.3) is 5.57 Å². The predicted octanol–water partition coefficient (Wildman–Crippen LogP) is 4.34. The van der Waals surface area contributed by atoms with E-state index in [0.717, 1.165) is 0 Å². The average molecular weight is 269 g/mol. The maximum Gasteiger partial charge on any atom is 0.0651 e. The molecule has 0 N–H and O–H groups in total. The van der Waals surface area contributed by atoms with Crippen molar-refractivity contribution in [3.8, 4) is 0 Å². The maximum absolute atomic E-state index is 4.18. The lowest BCUT2D eigenvalue weighted by Crippen LogP contribution is -2.34. The van der Waals surface area contributed by atoms with E-state index in [9.17, 15) is 0 Å². The van der Waals surface area contributed by atoms with Crippen molar-refractivity contribution in [1.82, 2.24) is 0 Å². The van der Waals surface area contributed by atoms with Gasteiger partial charge in [-0.1, -0.05) is 72.5 Å². The first kappa shape index (κ1) is 11.7. The molecule has 0 amide bonds. The second-order valence-electron chi connectivity index (χ2n) is 4.62. The standard InChI is InChI=1S/C12H17BrSi/c1-10(12(13)14(2,3)4)11-8-6-5-7-9-11/h5-9,12H,1H2,2-4H3. The predicted molar refractivity (Wildman–Crippen MR) is 71.5 cm³/mol. The molecule has 1 atom stereocenters. The number of rotatable bonds is 3. The second kappa shape index (κ2) is 4.45. The molecule has 76 valence electrons. The van der Waals surface area contributed by atoms with Gasteiger partial charge < -0.3 is 0 Å². The van der Waals surface area contributed by atoms with E-state index in [1.807, 2.05) is 6.07 Å². The lowest BCUT2D eigenvalue weighted by molar-refractivity contribution is 1.46. The average Bonchev–Trinajstić information content (AvgIpc) is 2.15. The number of allylic oxidation sites excluding steroid dienone is 1. The first-order valence-corrected chi connectivity index (χ1v) is 9.30. The number of benzene rings is 1. The van der Waals surface area contributed by atoms with Gasteiger partial charge in [-0.25, -0.2) is 0 Å². The second-order valence-corrected chi connectivity index (χ2v) is 11.7. The SMILES string of the molecule is C=C(c1ccccc1)C(Br)[Si](C)(C)C. The van der Waals surface area contributed by atoms with E-state index < -0.39 is 8.07 Å². The number of hydrogen-bond donors (Lipinski definition) is 0. The largest absolute Gasteiger partial charge is 0.0944 e. The van der Waals surface area contributed by atoms with E-state index in [2.05, 4.69) is 66.4 Å². The Morgan fingerprint density at radius 1 is 1.21 bits per heavy atom. The highest BCUT2D eigenvalue weighted by Gasteiger charge is 2.26. The minimum Gasteiger partial charge on any atom is -0.0944 e. The van der Waals surface area contributed by atoms with Gasteiger partial charge >= 0.3 is 0 Å². The Kier molecular flexibility index (Phi) is 3.73. The molecule has 0 saturated heterocycles. The van der Waals surface area contributed by atoms with E-state index in [4.69, 9.17) is 0 Å². The van der Waals surface area contributed by atoms with Crippen molar-refractivity contribution in [2.75, 3.05) is 0 Å². The van der Waals surface area contributed by atoms with Crippen LogP contribution in [0.1, 0.15) is 5.56 Å². The van der Waals surface area contributed by atoms with Crippen LogP contribution in [0.3, 0.4) is 0 Å². The van der Waals surface area contributed by atoms with E-state index in [-0.39, 0.29) is 0 Å². The summed E-state index contributed by atoms with van der Waals surface area (Å²) in [4.78, 5) is 0. The third kappa shape index (κ3) is 2.82. The quantitative estimate of drug-likeness (QED) is 0.565. The summed E-state index contributed by atoms with van der Waals surface area (Å²) in [6, 6.07) is 10.4. The Morgan fingerprint density at radius 3 is 2.14 bits per heavy atom. The molecule has 0 heterocycles. The van der Waals surface area contributed by atoms with Crippen LogP contribution in [0.15, 0.2) is 36.9 Å². The first-order valence-electron chi connectivity index (χ1n) is 4.81. The van der Waals surface area contributed by atoms with Crippen LogP contribution in [0.2, 0.25) is 19.6 Å². The molecular formula is C12H17BrSi. The Balaban J connectivity index is 2.87. The number of halogens is 1. The van der Waals surface area contributed by atoms with Crippen LogP contribution in [0.4, 0.5) is 0 Å². The molecule has 0 nitrogen and oxygen atoms in total. The molecular weight excluding hydrogens is 252 g/mol.